The zero-order valence-electron chi connectivity index (χ0n) is 11.2. The molecule has 0 aliphatic carbocycles. The van der Waals surface area contributed by atoms with Crippen LogP contribution in [-0.4, -0.2) is 16.3 Å². The molecule has 2 aromatic carbocycles. The Morgan fingerprint density at radius 1 is 1.14 bits per heavy atom. The Bertz CT molecular complexity index is 815. The van der Waals surface area contributed by atoms with E-state index in [1.807, 2.05) is 6.07 Å². The molecule has 0 aliphatic heterocycles. The van der Waals surface area contributed by atoms with Crippen LogP contribution in [0.2, 0.25) is 5.02 Å². The van der Waals surface area contributed by atoms with E-state index in [9.17, 15) is 9.18 Å². The van der Waals surface area contributed by atoms with Crippen molar-refractivity contribution in [1.29, 1.82) is 0 Å². The van der Waals surface area contributed by atoms with Crippen molar-refractivity contribution in [2.45, 2.75) is 0 Å². The van der Waals surface area contributed by atoms with Crippen LogP contribution < -0.4 is 4.74 Å². The first-order valence-electron chi connectivity index (χ1n) is 6.39. The fraction of sp³-hybridized carbons (Fsp3) is 0. The molecular formula is C16H10ClFN2O2. The van der Waals surface area contributed by atoms with Crippen molar-refractivity contribution in [1.82, 2.24) is 9.78 Å². The number of ether oxygens (including phenoxy) is 1. The Morgan fingerprint density at radius 3 is 2.59 bits per heavy atom. The highest BCUT2D eigenvalue weighted by Crippen LogP contribution is 2.28. The highest BCUT2D eigenvalue weighted by Gasteiger charge is 2.13. The molecule has 0 unspecified atom stereocenters. The summed E-state index contributed by atoms with van der Waals surface area (Å²) in [5.41, 5.74) is 2.10. The Morgan fingerprint density at radius 2 is 1.91 bits per heavy atom. The fourth-order valence-electron chi connectivity index (χ4n) is 2.10. The lowest BCUT2D eigenvalue weighted by atomic mass is 10.1. The SMILES string of the molecule is O=COc1cc(-c2cccc(Cl)c2)n(-c2ccc(F)cc2)n1. The Labute approximate surface area is 130 Å². The quantitative estimate of drug-likeness (QED) is 0.686. The van der Waals surface area contributed by atoms with Gasteiger partial charge in [-0.25, -0.2) is 9.07 Å². The van der Waals surface area contributed by atoms with Gasteiger partial charge in [-0.05, 0) is 36.4 Å². The van der Waals surface area contributed by atoms with Crippen molar-refractivity contribution in [3.8, 4) is 22.8 Å². The molecule has 0 aliphatic rings. The second-order valence-electron chi connectivity index (χ2n) is 4.48. The monoisotopic (exact) mass is 316 g/mol. The van der Waals surface area contributed by atoms with Gasteiger partial charge in [-0.3, -0.25) is 4.79 Å². The Kier molecular flexibility index (Phi) is 3.89. The van der Waals surface area contributed by atoms with Crippen LogP contribution in [0.3, 0.4) is 0 Å². The third kappa shape index (κ3) is 2.84. The summed E-state index contributed by atoms with van der Waals surface area (Å²) in [5, 5.41) is 4.78. The normalized spacial score (nSPS) is 10.5. The third-order valence-electron chi connectivity index (χ3n) is 3.05. The molecule has 0 N–H and O–H groups in total. The molecule has 3 aromatic rings. The highest BCUT2D eigenvalue weighted by molar-refractivity contribution is 6.30. The largest absolute Gasteiger partial charge is 0.408 e. The predicted octanol–water partition coefficient (Wildman–Crippen LogP) is 3.87. The molecule has 0 saturated carbocycles. The van der Waals surface area contributed by atoms with Gasteiger partial charge in [-0.1, -0.05) is 23.7 Å². The number of rotatable bonds is 4. The number of hydrogen-bond donors (Lipinski definition) is 0. The molecule has 0 spiro atoms. The van der Waals surface area contributed by atoms with Crippen molar-refractivity contribution in [2.24, 2.45) is 0 Å². The van der Waals surface area contributed by atoms with E-state index in [2.05, 4.69) is 5.10 Å². The minimum atomic E-state index is -0.343. The molecule has 22 heavy (non-hydrogen) atoms. The molecule has 0 fully saturated rings. The summed E-state index contributed by atoms with van der Waals surface area (Å²) in [6.07, 6.45) is 0. The van der Waals surface area contributed by atoms with Crippen LogP contribution in [0.5, 0.6) is 5.88 Å². The highest BCUT2D eigenvalue weighted by atomic mass is 35.5. The molecule has 3 rings (SSSR count). The minimum absolute atomic E-state index is 0.148. The average molecular weight is 317 g/mol. The van der Waals surface area contributed by atoms with E-state index in [0.29, 0.717) is 22.9 Å². The molecule has 1 heterocycles. The fourth-order valence-corrected chi connectivity index (χ4v) is 2.29. The summed E-state index contributed by atoms with van der Waals surface area (Å²) in [6, 6.07) is 14.6. The van der Waals surface area contributed by atoms with Crippen LogP contribution in [0.4, 0.5) is 4.39 Å². The molecule has 0 bridgehead atoms. The van der Waals surface area contributed by atoms with Gasteiger partial charge in [-0.2, -0.15) is 0 Å². The third-order valence-corrected chi connectivity index (χ3v) is 3.28. The maximum Gasteiger partial charge on any atom is 0.299 e. The van der Waals surface area contributed by atoms with Crippen molar-refractivity contribution in [3.63, 3.8) is 0 Å². The standard InChI is InChI=1S/C16H10ClFN2O2/c17-12-3-1-2-11(8-12)15-9-16(22-10-21)19-20(15)14-6-4-13(18)5-7-14/h1-10H. The number of carbonyl (C=O) groups is 1. The van der Waals surface area contributed by atoms with Gasteiger partial charge in [0.1, 0.15) is 5.82 Å². The first-order chi connectivity index (χ1) is 10.7. The van der Waals surface area contributed by atoms with E-state index in [1.54, 1.807) is 41.1 Å². The predicted molar refractivity (Wildman–Crippen MR) is 80.7 cm³/mol. The number of aromatic nitrogens is 2. The van der Waals surface area contributed by atoms with Gasteiger partial charge < -0.3 is 4.74 Å². The first-order valence-corrected chi connectivity index (χ1v) is 6.77. The minimum Gasteiger partial charge on any atom is -0.408 e. The summed E-state index contributed by atoms with van der Waals surface area (Å²) in [5.74, 6) is -0.195. The van der Waals surface area contributed by atoms with E-state index < -0.39 is 0 Å². The summed E-state index contributed by atoms with van der Waals surface area (Å²) in [6.45, 7) is 0.305. The van der Waals surface area contributed by atoms with Gasteiger partial charge in [-0.15, -0.1) is 5.10 Å². The van der Waals surface area contributed by atoms with Gasteiger partial charge in [0.25, 0.3) is 6.47 Å². The molecule has 0 saturated heterocycles. The van der Waals surface area contributed by atoms with Crippen LogP contribution in [0, 0.1) is 5.82 Å². The Hall–Kier alpha value is -2.66. The van der Waals surface area contributed by atoms with Crippen LogP contribution in [0.25, 0.3) is 16.9 Å². The summed E-state index contributed by atoms with van der Waals surface area (Å²) >= 11 is 6.02. The van der Waals surface area contributed by atoms with E-state index >= 15 is 0 Å². The Balaban J connectivity index is 2.15. The molecule has 4 nitrogen and oxygen atoms in total. The van der Waals surface area contributed by atoms with E-state index in [0.717, 1.165) is 5.56 Å². The second-order valence-corrected chi connectivity index (χ2v) is 4.92. The van der Waals surface area contributed by atoms with E-state index in [1.165, 1.54) is 12.1 Å². The van der Waals surface area contributed by atoms with Crippen LogP contribution in [0.1, 0.15) is 0 Å². The molecule has 110 valence electrons. The maximum absolute atomic E-state index is 13.1. The first kappa shape index (κ1) is 14.3. The summed E-state index contributed by atoms with van der Waals surface area (Å²) < 4.78 is 19.5. The van der Waals surface area contributed by atoms with Crippen LogP contribution in [0.15, 0.2) is 54.6 Å². The number of halogens is 2. The maximum atomic E-state index is 13.1. The topological polar surface area (TPSA) is 44.1 Å². The van der Waals surface area contributed by atoms with Crippen molar-refractivity contribution in [3.05, 3.63) is 65.4 Å². The number of benzene rings is 2. The zero-order valence-corrected chi connectivity index (χ0v) is 12.0. The van der Waals surface area contributed by atoms with Crippen LogP contribution >= 0.6 is 11.6 Å². The summed E-state index contributed by atoms with van der Waals surface area (Å²) in [7, 11) is 0. The number of hydrogen-bond acceptors (Lipinski definition) is 3. The van der Waals surface area contributed by atoms with Crippen molar-refractivity contribution < 1.29 is 13.9 Å². The average Bonchev–Trinajstić information content (AvgIpc) is 2.92. The lowest BCUT2D eigenvalue weighted by molar-refractivity contribution is -0.120. The van der Waals surface area contributed by atoms with Crippen LogP contribution in [-0.2, 0) is 4.79 Å². The van der Waals surface area contributed by atoms with Gasteiger partial charge in [0.15, 0.2) is 0 Å². The molecular weight excluding hydrogens is 307 g/mol. The molecule has 1 aromatic heterocycles. The smallest absolute Gasteiger partial charge is 0.299 e. The van der Waals surface area contributed by atoms with E-state index in [4.69, 9.17) is 16.3 Å². The molecule has 6 heteroatoms. The van der Waals surface area contributed by atoms with Gasteiger partial charge in [0, 0.05) is 16.7 Å². The molecule has 0 radical (unpaired) electrons. The summed E-state index contributed by atoms with van der Waals surface area (Å²) in [4.78, 5) is 10.5. The zero-order chi connectivity index (χ0) is 15.5. The van der Waals surface area contributed by atoms with Crippen molar-refractivity contribution >= 4 is 18.1 Å². The lowest BCUT2D eigenvalue weighted by Crippen LogP contribution is -1.99. The lowest BCUT2D eigenvalue weighted by Gasteiger charge is -2.07. The number of carbonyl (C=O) groups excluding carboxylic acids is 1. The van der Waals surface area contributed by atoms with E-state index in [-0.39, 0.29) is 11.7 Å². The second kappa shape index (κ2) is 5.99. The molecule has 0 amide bonds. The molecule has 0 atom stereocenters. The van der Waals surface area contributed by atoms with Gasteiger partial charge in [0.2, 0.25) is 5.88 Å². The number of nitrogens with zero attached hydrogens (tertiary/aromatic N) is 2. The van der Waals surface area contributed by atoms with Crippen molar-refractivity contribution in [2.75, 3.05) is 0 Å². The van der Waals surface area contributed by atoms with Gasteiger partial charge >= 0.3 is 0 Å². The van der Waals surface area contributed by atoms with Gasteiger partial charge in [0.05, 0.1) is 11.4 Å².